The summed E-state index contributed by atoms with van der Waals surface area (Å²) in [4.78, 5) is 4.05. The lowest BCUT2D eigenvalue weighted by molar-refractivity contribution is 0.562. The first-order valence-corrected chi connectivity index (χ1v) is 5.00. The number of hydrogen-bond donors (Lipinski definition) is 0. The summed E-state index contributed by atoms with van der Waals surface area (Å²) in [6.45, 7) is 3.01. The molecule has 0 amide bonds. The van der Waals surface area contributed by atoms with E-state index in [9.17, 15) is 8.78 Å². The van der Waals surface area contributed by atoms with Gasteiger partial charge in [0.05, 0.1) is 5.69 Å². The van der Waals surface area contributed by atoms with Crippen molar-refractivity contribution in [3.05, 3.63) is 41.6 Å². The molecular weight excluding hydrogens is 210 g/mol. The molecule has 2 aromatic rings. The van der Waals surface area contributed by atoms with Crippen LogP contribution in [0, 0.1) is 12.7 Å². The molecule has 0 unspecified atom stereocenters. The van der Waals surface area contributed by atoms with Crippen LogP contribution in [-0.4, -0.2) is 16.1 Å². The topological polar surface area (TPSA) is 17.3 Å². The molecule has 0 aromatic carbocycles. The Bertz CT molecular complexity index is 555. The van der Waals surface area contributed by atoms with Crippen molar-refractivity contribution >= 4 is 11.2 Å². The van der Waals surface area contributed by atoms with Gasteiger partial charge in [-0.05, 0) is 31.1 Å². The number of allylic oxidation sites excluding steroid dienone is 2. The molecule has 0 radical (unpaired) electrons. The number of rotatable bonds is 2. The maximum Gasteiger partial charge on any atom is 0.173 e. The molecule has 2 rings (SSSR count). The Morgan fingerprint density at radius 2 is 2.25 bits per heavy atom. The van der Waals surface area contributed by atoms with Crippen molar-refractivity contribution < 1.29 is 8.78 Å². The van der Waals surface area contributed by atoms with Crippen molar-refractivity contribution in [3.8, 4) is 0 Å². The molecule has 0 N–H and O–H groups in total. The van der Waals surface area contributed by atoms with E-state index in [1.54, 1.807) is 30.6 Å². The lowest BCUT2D eigenvalue weighted by Crippen LogP contribution is -1.92. The molecule has 2 nitrogen and oxygen atoms in total. The van der Waals surface area contributed by atoms with Gasteiger partial charge >= 0.3 is 0 Å². The Morgan fingerprint density at radius 1 is 1.50 bits per heavy atom. The average Bonchev–Trinajstić information content (AvgIpc) is 2.59. The third-order valence-corrected chi connectivity index (χ3v) is 2.47. The van der Waals surface area contributed by atoms with Crippen LogP contribution < -0.4 is 0 Å². The molecule has 16 heavy (non-hydrogen) atoms. The second kappa shape index (κ2) is 4.04. The average molecular weight is 222 g/mol. The fraction of sp³-hybridized carbons (Fsp3) is 0.250. The smallest absolute Gasteiger partial charge is 0.173 e. The lowest BCUT2D eigenvalue weighted by atomic mass is 10.1. The van der Waals surface area contributed by atoms with E-state index in [2.05, 4.69) is 4.98 Å². The van der Waals surface area contributed by atoms with Crippen LogP contribution in [0.3, 0.4) is 0 Å². The van der Waals surface area contributed by atoms with Crippen LogP contribution in [0.25, 0.3) is 11.2 Å². The van der Waals surface area contributed by atoms with Gasteiger partial charge in [0, 0.05) is 12.4 Å². The zero-order valence-electron chi connectivity index (χ0n) is 9.17. The summed E-state index contributed by atoms with van der Waals surface area (Å²) in [6, 6.07) is 1.38. The Labute approximate surface area is 92.2 Å². The summed E-state index contributed by atoms with van der Waals surface area (Å²) in [6.07, 6.45) is 4.91. The van der Waals surface area contributed by atoms with Crippen LogP contribution in [0.2, 0.25) is 0 Å². The highest BCUT2D eigenvalue weighted by atomic mass is 19.1. The summed E-state index contributed by atoms with van der Waals surface area (Å²) in [5, 5.41) is 0. The molecule has 0 aliphatic carbocycles. The first-order valence-electron chi connectivity index (χ1n) is 5.00. The van der Waals surface area contributed by atoms with Crippen LogP contribution in [0.15, 0.2) is 24.5 Å². The van der Waals surface area contributed by atoms with E-state index in [0.717, 1.165) is 11.3 Å². The quantitative estimate of drug-likeness (QED) is 0.763. The fourth-order valence-corrected chi connectivity index (χ4v) is 1.63. The summed E-state index contributed by atoms with van der Waals surface area (Å²) in [5.41, 5.74) is 2.44. The van der Waals surface area contributed by atoms with Gasteiger partial charge < -0.3 is 4.40 Å². The highest BCUT2D eigenvalue weighted by Crippen LogP contribution is 2.18. The molecule has 2 heterocycles. The minimum absolute atomic E-state index is 0.300. The Hall–Kier alpha value is -1.71. The highest BCUT2D eigenvalue weighted by Gasteiger charge is 2.07. The SMILES string of the molecule is C/C(=C\CF)c1cc(F)c2nc(C)cn2c1. The summed E-state index contributed by atoms with van der Waals surface area (Å²) >= 11 is 0. The molecule has 0 fully saturated rings. The second-order valence-corrected chi connectivity index (χ2v) is 3.73. The maximum absolute atomic E-state index is 13.7. The number of aromatic nitrogens is 2. The number of alkyl halides is 1. The van der Waals surface area contributed by atoms with Crippen molar-refractivity contribution in [2.24, 2.45) is 0 Å². The van der Waals surface area contributed by atoms with E-state index < -0.39 is 12.5 Å². The third kappa shape index (κ3) is 1.83. The van der Waals surface area contributed by atoms with Gasteiger partial charge in [-0.15, -0.1) is 0 Å². The summed E-state index contributed by atoms with van der Waals surface area (Å²) in [7, 11) is 0. The van der Waals surface area contributed by atoms with Crippen molar-refractivity contribution in [2.75, 3.05) is 6.67 Å². The van der Waals surface area contributed by atoms with Crippen LogP contribution in [0.1, 0.15) is 18.2 Å². The van der Waals surface area contributed by atoms with Gasteiger partial charge in [0.25, 0.3) is 0 Å². The Morgan fingerprint density at radius 3 is 2.94 bits per heavy atom. The molecule has 0 aliphatic heterocycles. The maximum atomic E-state index is 13.7. The molecule has 0 atom stereocenters. The van der Waals surface area contributed by atoms with Crippen LogP contribution in [0.4, 0.5) is 8.78 Å². The lowest BCUT2D eigenvalue weighted by Gasteiger charge is -2.03. The number of halogens is 2. The van der Waals surface area contributed by atoms with Gasteiger partial charge in [-0.2, -0.15) is 0 Å². The molecular formula is C12H12F2N2. The number of imidazole rings is 1. The van der Waals surface area contributed by atoms with Crippen molar-refractivity contribution in [3.63, 3.8) is 0 Å². The normalized spacial score (nSPS) is 12.4. The number of hydrogen-bond acceptors (Lipinski definition) is 1. The highest BCUT2D eigenvalue weighted by molar-refractivity contribution is 5.65. The fourth-order valence-electron chi connectivity index (χ4n) is 1.63. The molecule has 84 valence electrons. The van der Waals surface area contributed by atoms with E-state index in [1.165, 1.54) is 12.1 Å². The van der Waals surface area contributed by atoms with Gasteiger partial charge in [-0.25, -0.2) is 13.8 Å². The minimum Gasteiger partial charge on any atom is -0.304 e. The van der Waals surface area contributed by atoms with Gasteiger partial charge in [0.1, 0.15) is 6.67 Å². The first-order chi connectivity index (χ1) is 7.61. The zero-order chi connectivity index (χ0) is 11.7. The first kappa shape index (κ1) is 10.8. The Balaban J connectivity index is 2.61. The molecule has 0 saturated heterocycles. The van der Waals surface area contributed by atoms with Crippen LogP contribution >= 0.6 is 0 Å². The largest absolute Gasteiger partial charge is 0.304 e. The summed E-state index contributed by atoms with van der Waals surface area (Å²) < 4.78 is 27.4. The van der Waals surface area contributed by atoms with E-state index in [1.807, 2.05) is 0 Å². The zero-order valence-corrected chi connectivity index (χ0v) is 9.17. The minimum atomic E-state index is -0.547. The van der Waals surface area contributed by atoms with Gasteiger partial charge in [-0.3, -0.25) is 0 Å². The monoisotopic (exact) mass is 222 g/mol. The molecule has 0 saturated carbocycles. The number of nitrogens with zero attached hydrogens (tertiary/aromatic N) is 2. The van der Waals surface area contributed by atoms with E-state index in [-0.39, 0.29) is 0 Å². The molecule has 4 heteroatoms. The van der Waals surface area contributed by atoms with E-state index in [4.69, 9.17) is 0 Å². The predicted octanol–water partition coefficient (Wildman–Crippen LogP) is 3.15. The van der Waals surface area contributed by atoms with Gasteiger partial charge in [0.2, 0.25) is 0 Å². The third-order valence-electron chi connectivity index (χ3n) is 2.47. The predicted molar refractivity (Wildman–Crippen MR) is 59.5 cm³/mol. The van der Waals surface area contributed by atoms with Gasteiger partial charge in [0.15, 0.2) is 11.5 Å². The molecule has 2 aromatic heterocycles. The van der Waals surface area contributed by atoms with Crippen molar-refractivity contribution in [1.29, 1.82) is 0 Å². The second-order valence-electron chi connectivity index (χ2n) is 3.73. The molecule has 0 aliphatic rings. The van der Waals surface area contributed by atoms with Crippen LogP contribution in [0.5, 0.6) is 0 Å². The summed E-state index contributed by atoms with van der Waals surface area (Å²) in [5.74, 6) is -0.391. The van der Waals surface area contributed by atoms with Crippen molar-refractivity contribution in [2.45, 2.75) is 13.8 Å². The molecule has 0 spiro atoms. The Kier molecular flexibility index (Phi) is 2.73. The van der Waals surface area contributed by atoms with Gasteiger partial charge in [-0.1, -0.05) is 6.08 Å². The number of fused-ring (bicyclic) bond motifs is 1. The standard InChI is InChI=1S/C12H12F2N2/c1-8(3-4-13)10-5-11(14)12-15-9(2)6-16(12)7-10/h3,5-7H,4H2,1-2H3/b8-3+. The van der Waals surface area contributed by atoms with Crippen molar-refractivity contribution in [1.82, 2.24) is 9.38 Å². The molecule has 0 bridgehead atoms. The van der Waals surface area contributed by atoms with Crippen LogP contribution in [-0.2, 0) is 0 Å². The number of pyridine rings is 1. The number of aryl methyl sites for hydroxylation is 1. The van der Waals surface area contributed by atoms with E-state index in [0.29, 0.717) is 11.2 Å². The van der Waals surface area contributed by atoms with E-state index >= 15 is 0 Å².